The van der Waals surface area contributed by atoms with E-state index in [-0.39, 0.29) is 18.0 Å². The molecule has 1 aromatic carbocycles. The van der Waals surface area contributed by atoms with Crippen LogP contribution in [0.15, 0.2) is 18.2 Å². The minimum absolute atomic E-state index is 0.0844. The molecule has 0 aliphatic carbocycles. The first-order valence-electron chi connectivity index (χ1n) is 5.20. The summed E-state index contributed by atoms with van der Waals surface area (Å²) >= 11 is 0. The molecule has 0 aliphatic heterocycles. The van der Waals surface area contributed by atoms with Gasteiger partial charge < -0.3 is 5.32 Å². The highest BCUT2D eigenvalue weighted by Crippen LogP contribution is 2.08. The van der Waals surface area contributed by atoms with Gasteiger partial charge in [0.15, 0.2) is 0 Å². The fourth-order valence-corrected chi connectivity index (χ4v) is 1.36. The van der Waals surface area contributed by atoms with E-state index in [9.17, 15) is 13.6 Å². The maximum absolute atomic E-state index is 12.9. The quantitative estimate of drug-likeness (QED) is 0.875. The second kappa shape index (κ2) is 5.94. The molecule has 0 spiro atoms. The lowest BCUT2D eigenvalue weighted by molar-refractivity contribution is 0.0935. The van der Waals surface area contributed by atoms with E-state index < -0.39 is 17.5 Å². The zero-order chi connectivity index (χ0) is 12.8. The first-order valence-corrected chi connectivity index (χ1v) is 5.20. The third-order valence-electron chi connectivity index (χ3n) is 2.29. The molecule has 0 radical (unpaired) electrons. The molecule has 5 heteroatoms. The fourth-order valence-electron chi connectivity index (χ4n) is 1.36. The summed E-state index contributed by atoms with van der Waals surface area (Å²) in [5.74, 6) is -2.18. The van der Waals surface area contributed by atoms with Gasteiger partial charge in [0, 0.05) is 17.7 Å². The Kier molecular flexibility index (Phi) is 4.58. The lowest BCUT2D eigenvalue weighted by Crippen LogP contribution is -2.34. The SMILES string of the molecule is CCC(CC#N)NC(=O)c1cc(F)cc(F)c1. The highest BCUT2D eigenvalue weighted by Gasteiger charge is 2.13. The van der Waals surface area contributed by atoms with E-state index in [1.807, 2.05) is 13.0 Å². The Morgan fingerprint density at radius 2 is 2.00 bits per heavy atom. The van der Waals surface area contributed by atoms with Crippen molar-refractivity contribution >= 4 is 5.91 Å². The molecule has 90 valence electrons. The number of carbonyl (C=O) groups excluding carboxylic acids is 1. The molecule has 1 N–H and O–H groups in total. The van der Waals surface area contributed by atoms with E-state index in [2.05, 4.69) is 5.32 Å². The van der Waals surface area contributed by atoms with Gasteiger partial charge in [-0.25, -0.2) is 8.78 Å². The Labute approximate surface area is 98.1 Å². The van der Waals surface area contributed by atoms with Crippen LogP contribution in [-0.4, -0.2) is 11.9 Å². The second-order valence-corrected chi connectivity index (χ2v) is 3.60. The second-order valence-electron chi connectivity index (χ2n) is 3.60. The van der Waals surface area contributed by atoms with Gasteiger partial charge in [0.1, 0.15) is 11.6 Å². The van der Waals surface area contributed by atoms with Crippen molar-refractivity contribution in [2.24, 2.45) is 0 Å². The number of nitriles is 1. The van der Waals surface area contributed by atoms with Gasteiger partial charge in [-0.05, 0) is 18.6 Å². The van der Waals surface area contributed by atoms with Crippen LogP contribution in [0.3, 0.4) is 0 Å². The predicted octanol–water partition coefficient (Wildman–Crippen LogP) is 2.39. The van der Waals surface area contributed by atoms with Crippen LogP contribution in [0.2, 0.25) is 0 Å². The minimum Gasteiger partial charge on any atom is -0.348 e. The van der Waals surface area contributed by atoms with E-state index in [1.54, 1.807) is 0 Å². The number of rotatable bonds is 4. The average molecular weight is 238 g/mol. The van der Waals surface area contributed by atoms with Crippen LogP contribution in [-0.2, 0) is 0 Å². The Morgan fingerprint density at radius 1 is 1.41 bits per heavy atom. The highest BCUT2D eigenvalue weighted by molar-refractivity contribution is 5.94. The van der Waals surface area contributed by atoms with Crippen molar-refractivity contribution in [2.45, 2.75) is 25.8 Å². The first-order chi connectivity index (χ1) is 8.06. The number of hydrogen-bond acceptors (Lipinski definition) is 2. The van der Waals surface area contributed by atoms with Crippen molar-refractivity contribution in [2.75, 3.05) is 0 Å². The number of halogens is 2. The van der Waals surface area contributed by atoms with E-state index in [0.717, 1.165) is 12.1 Å². The van der Waals surface area contributed by atoms with Crippen molar-refractivity contribution in [3.05, 3.63) is 35.4 Å². The molecule has 1 amide bonds. The van der Waals surface area contributed by atoms with E-state index in [1.165, 1.54) is 0 Å². The molecular formula is C12H12F2N2O. The Morgan fingerprint density at radius 3 is 2.47 bits per heavy atom. The normalized spacial score (nSPS) is 11.6. The standard InChI is InChI=1S/C12H12F2N2O/c1-2-11(3-4-15)16-12(17)8-5-9(13)7-10(14)6-8/h5-7,11H,2-3H2,1H3,(H,16,17). The summed E-state index contributed by atoms with van der Waals surface area (Å²) in [6.45, 7) is 1.81. The van der Waals surface area contributed by atoms with E-state index in [4.69, 9.17) is 5.26 Å². The van der Waals surface area contributed by atoms with Crippen molar-refractivity contribution in [1.29, 1.82) is 5.26 Å². The van der Waals surface area contributed by atoms with Crippen LogP contribution in [0.1, 0.15) is 30.1 Å². The minimum atomic E-state index is -0.802. The van der Waals surface area contributed by atoms with E-state index in [0.29, 0.717) is 12.5 Å². The predicted molar refractivity (Wildman–Crippen MR) is 58.1 cm³/mol. The Bertz CT molecular complexity index is 434. The third-order valence-corrected chi connectivity index (χ3v) is 2.29. The lowest BCUT2D eigenvalue weighted by Gasteiger charge is -2.13. The molecule has 1 atom stereocenters. The molecule has 3 nitrogen and oxygen atoms in total. The molecule has 0 saturated carbocycles. The van der Waals surface area contributed by atoms with Gasteiger partial charge in [-0.2, -0.15) is 5.26 Å². The largest absolute Gasteiger partial charge is 0.348 e. The summed E-state index contributed by atoms with van der Waals surface area (Å²) in [5, 5.41) is 11.1. The van der Waals surface area contributed by atoms with Crippen LogP contribution in [0, 0.1) is 23.0 Å². The zero-order valence-corrected chi connectivity index (χ0v) is 9.34. The lowest BCUT2D eigenvalue weighted by atomic mass is 10.1. The highest BCUT2D eigenvalue weighted by atomic mass is 19.1. The third kappa shape index (κ3) is 3.83. The Balaban J connectivity index is 2.79. The van der Waals surface area contributed by atoms with Crippen molar-refractivity contribution in [3.63, 3.8) is 0 Å². The molecule has 0 aromatic heterocycles. The average Bonchev–Trinajstić information content (AvgIpc) is 2.27. The van der Waals surface area contributed by atoms with Crippen molar-refractivity contribution < 1.29 is 13.6 Å². The summed E-state index contributed by atoms with van der Waals surface area (Å²) in [7, 11) is 0. The zero-order valence-electron chi connectivity index (χ0n) is 9.34. The molecule has 1 rings (SSSR count). The first kappa shape index (κ1) is 13.1. The monoisotopic (exact) mass is 238 g/mol. The summed E-state index contributed by atoms with van der Waals surface area (Å²) in [5.41, 5.74) is -0.0844. The fraction of sp³-hybridized carbons (Fsp3) is 0.333. The molecule has 17 heavy (non-hydrogen) atoms. The van der Waals surface area contributed by atoms with Crippen LogP contribution in [0.4, 0.5) is 8.78 Å². The van der Waals surface area contributed by atoms with E-state index >= 15 is 0 Å². The number of amides is 1. The van der Waals surface area contributed by atoms with Gasteiger partial charge in [0.2, 0.25) is 0 Å². The van der Waals surface area contributed by atoms with Crippen LogP contribution in [0.25, 0.3) is 0 Å². The number of nitrogens with zero attached hydrogens (tertiary/aromatic N) is 1. The summed E-state index contributed by atoms with van der Waals surface area (Å²) in [4.78, 5) is 11.6. The number of nitrogens with one attached hydrogen (secondary N) is 1. The Hall–Kier alpha value is -1.96. The van der Waals surface area contributed by atoms with Crippen LogP contribution in [0.5, 0.6) is 0 Å². The molecule has 1 unspecified atom stereocenters. The van der Waals surface area contributed by atoms with Crippen LogP contribution < -0.4 is 5.32 Å². The van der Waals surface area contributed by atoms with Gasteiger partial charge >= 0.3 is 0 Å². The summed E-state index contributed by atoms with van der Waals surface area (Å²) in [6.07, 6.45) is 0.747. The molecule has 0 heterocycles. The molecule has 0 saturated heterocycles. The van der Waals surface area contributed by atoms with Crippen LogP contribution >= 0.6 is 0 Å². The molecule has 0 bridgehead atoms. The van der Waals surface area contributed by atoms with Gasteiger partial charge in [-0.1, -0.05) is 6.92 Å². The van der Waals surface area contributed by atoms with Gasteiger partial charge in [-0.3, -0.25) is 4.79 Å². The van der Waals surface area contributed by atoms with Crippen molar-refractivity contribution in [1.82, 2.24) is 5.32 Å². The molecular weight excluding hydrogens is 226 g/mol. The molecule has 1 aromatic rings. The topological polar surface area (TPSA) is 52.9 Å². The smallest absolute Gasteiger partial charge is 0.251 e. The van der Waals surface area contributed by atoms with Gasteiger partial charge in [0.25, 0.3) is 5.91 Å². The van der Waals surface area contributed by atoms with Gasteiger partial charge in [0.05, 0.1) is 12.5 Å². The summed E-state index contributed by atoms with van der Waals surface area (Å²) in [6, 6.07) is 4.24. The number of carbonyl (C=O) groups is 1. The van der Waals surface area contributed by atoms with Crippen molar-refractivity contribution in [3.8, 4) is 6.07 Å². The number of hydrogen-bond donors (Lipinski definition) is 1. The maximum atomic E-state index is 12.9. The molecule has 0 aliphatic rings. The number of benzene rings is 1. The molecule has 0 fully saturated rings. The van der Waals surface area contributed by atoms with Gasteiger partial charge in [-0.15, -0.1) is 0 Å². The summed E-state index contributed by atoms with van der Waals surface area (Å²) < 4.78 is 25.8. The maximum Gasteiger partial charge on any atom is 0.251 e.